The SMILES string of the molecule is Cc1ccc(CCC(C)NC2CCN(C3CCCCC3O)CC2)cc1. The maximum absolute atomic E-state index is 10.3. The Balaban J connectivity index is 1.37. The Bertz CT molecular complexity index is 507. The van der Waals surface area contributed by atoms with Gasteiger partial charge < -0.3 is 10.4 Å². The Morgan fingerprint density at radius 3 is 2.44 bits per heavy atom. The summed E-state index contributed by atoms with van der Waals surface area (Å²) in [5, 5.41) is 14.1. The number of hydrogen-bond donors (Lipinski definition) is 2. The number of piperidine rings is 1. The highest BCUT2D eigenvalue weighted by Crippen LogP contribution is 2.26. The average Bonchev–Trinajstić information content (AvgIpc) is 2.62. The van der Waals surface area contributed by atoms with Crippen LogP contribution in [0, 0.1) is 6.92 Å². The first-order valence-electron chi connectivity index (χ1n) is 10.4. The van der Waals surface area contributed by atoms with Crippen molar-refractivity contribution in [2.75, 3.05) is 13.1 Å². The summed E-state index contributed by atoms with van der Waals surface area (Å²) in [6.07, 6.45) is 9.38. The molecule has 1 aliphatic carbocycles. The molecule has 1 heterocycles. The van der Waals surface area contributed by atoms with Crippen LogP contribution in [0.1, 0.15) is 63.0 Å². The Labute approximate surface area is 153 Å². The first-order valence-corrected chi connectivity index (χ1v) is 10.4. The Kier molecular flexibility index (Phi) is 6.92. The van der Waals surface area contributed by atoms with Gasteiger partial charge in [0, 0.05) is 31.2 Å². The predicted octanol–water partition coefficient (Wildman–Crippen LogP) is 3.67. The van der Waals surface area contributed by atoms with Crippen LogP contribution in [0.25, 0.3) is 0 Å². The number of aryl methyl sites for hydroxylation is 2. The van der Waals surface area contributed by atoms with Crippen LogP contribution in [0.2, 0.25) is 0 Å². The lowest BCUT2D eigenvalue weighted by Gasteiger charge is -2.42. The zero-order valence-corrected chi connectivity index (χ0v) is 16.1. The van der Waals surface area contributed by atoms with Gasteiger partial charge in [0.2, 0.25) is 0 Å². The molecular formula is C22H36N2O. The molecule has 0 bridgehead atoms. The molecule has 140 valence electrons. The van der Waals surface area contributed by atoms with Crippen molar-refractivity contribution in [3.8, 4) is 0 Å². The Morgan fingerprint density at radius 2 is 1.76 bits per heavy atom. The molecule has 3 unspecified atom stereocenters. The highest BCUT2D eigenvalue weighted by atomic mass is 16.3. The van der Waals surface area contributed by atoms with Crippen molar-refractivity contribution in [2.24, 2.45) is 0 Å². The van der Waals surface area contributed by atoms with E-state index < -0.39 is 0 Å². The number of rotatable bonds is 6. The van der Waals surface area contributed by atoms with Crippen LogP contribution in [0.15, 0.2) is 24.3 Å². The lowest BCUT2D eigenvalue weighted by atomic mass is 9.89. The molecule has 25 heavy (non-hydrogen) atoms. The van der Waals surface area contributed by atoms with Gasteiger partial charge in [-0.05, 0) is 57.9 Å². The van der Waals surface area contributed by atoms with Gasteiger partial charge in [-0.25, -0.2) is 0 Å². The third kappa shape index (κ3) is 5.54. The number of aliphatic hydroxyl groups is 1. The van der Waals surface area contributed by atoms with Crippen molar-refractivity contribution in [1.82, 2.24) is 10.2 Å². The van der Waals surface area contributed by atoms with Gasteiger partial charge in [-0.15, -0.1) is 0 Å². The van der Waals surface area contributed by atoms with E-state index >= 15 is 0 Å². The fourth-order valence-electron chi connectivity index (χ4n) is 4.54. The van der Waals surface area contributed by atoms with Crippen molar-refractivity contribution in [1.29, 1.82) is 0 Å². The van der Waals surface area contributed by atoms with Crippen molar-refractivity contribution < 1.29 is 5.11 Å². The van der Waals surface area contributed by atoms with Crippen LogP contribution in [-0.2, 0) is 6.42 Å². The van der Waals surface area contributed by atoms with Gasteiger partial charge in [0.05, 0.1) is 6.10 Å². The fourth-order valence-corrected chi connectivity index (χ4v) is 4.54. The van der Waals surface area contributed by atoms with E-state index in [0.29, 0.717) is 18.1 Å². The minimum Gasteiger partial charge on any atom is -0.391 e. The number of aliphatic hydroxyl groups excluding tert-OH is 1. The number of hydrogen-bond acceptors (Lipinski definition) is 3. The molecule has 3 rings (SSSR count). The molecule has 2 fully saturated rings. The number of nitrogens with one attached hydrogen (secondary N) is 1. The lowest BCUT2D eigenvalue weighted by molar-refractivity contribution is 0.00667. The quantitative estimate of drug-likeness (QED) is 0.826. The van der Waals surface area contributed by atoms with E-state index in [-0.39, 0.29) is 6.10 Å². The zero-order chi connectivity index (χ0) is 17.6. The van der Waals surface area contributed by atoms with Gasteiger partial charge in [0.25, 0.3) is 0 Å². The monoisotopic (exact) mass is 344 g/mol. The molecular weight excluding hydrogens is 308 g/mol. The van der Waals surface area contributed by atoms with Crippen LogP contribution >= 0.6 is 0 Å². The van der Waals surface area contributed by atoms with E-state index in [0.717, 1.165) is 25.9 Å². The maximum atomic E-state index is 10.3. The van der Waals surface area contributed by atoms with Gasteiger partial charge in [-0.2, -0.15) is 0 Å². The first-order chi connectivity index (χ1) is 12.1. The normalized spacial score (nSPS) is 27.3. The molecule has 1 aromatic carbocycles. The summed E-state index contributed by atoms with van der Waals surface area (Å²) in [6, 6.07) is 10.6. The molecule has 3 heteroatoms. The topological polar surface area (TPSA) is 35.5 Å². The van der Waals surface area contributed by atoms with Crippen molar-refractivity contribution in [3.05, 3.63) is 35.4 Å². The second-order valence-corrected chi connectivity index (χ2v) is 8.32. The summed E-state index contributed by atoms with van der Waals surface area (Å²) < 4.78 is 0. The molecule has 2 aliphatic rings. The summed E-state index contributed by atoms with van der Waals surface area (Å²) in [5.41, 5.74) is 2.78. The molecule has 0 spiro atoms. The summed E-state index contributed by atoms with van der Waals surface area (Å²) in [6.45, 7) is 6.76. The van der Waals surface area contributed by atoms with Crippen molar-refractivity contribution >= 4 is 0 Å². The Hall–Kier alpha value is -0.900. The van der Waals surface area contributed by atoms with E-state index in [1.54, 1.807) is 0 Å². The summed E-state index contributed by atoms with van der Waals surface area (Å²) in [7, 11) is 0. The number of likely N-dealkylation sites (tertiary alicyclic amines) is 1. The van der Waals surface area contributed by atoms with E-state index in [9.17, 15) is 5.11 Å². The van der Waals surface area contributed by atoms with E-state index in [2.05, 4.69) is 48.3 Å². The highest BCUT2D eigenvalue weighted by molar-refractivity contribution is 5.21. The maximum Gasteiger partial charge on any atom is 0.0695 e. The van der Waals surface area contributed by atoms with Crippen LogP contribution in [-0.4, -0.2) is 47.3 Å². The van der Waals surface area contributed by atoms with Crippen LogP contribution in [0.3, 0.4) is 0 Å². The molecule has 3 nitrogen and oxygen atoms in total. The summed E-state index contributed by atoms with van der Waals surface area (Å²) in [4.78, 5) is 2.55. The van der Waals surface area contributed by atoms with Gasteiger partial charge in [0.15, 0.2) is 0 Å². The van der Waals surface area contributed by atoms with Crippen LogP contribution in [0.4, 0.5) is 0 Å². The first kappa shape index (κ1) is 18.9. The average molecular weight is 345 g/mol. The molecule has 0 aromatic heterocycles. The van der Waals surface area contributed by atoms with E-state index in [1.807, 2.05) is 0 Å². The van der Waals surface area contributed by atoms with Crippen LogP contribution < -0.4 is 5.32 Å². The standard InChI is InChI=1S/C22H36N2O/c1-17-7-10-19(11-8-17)12-9-18(2)23-20-13-15-24(16-14-20)21-5-3-4-6-22(21)25/h7-8,10-11,18,20-23,25H,3-6,9,12-16H2,1-2H3. The second kappa shape index (κ2) is 9.16. The molecule has 2 N–H and O–H groups in total. The molecule has 3 atom stereocenters. The third-order valence-corrected chi connectivity index (χ3v) is 6.20. The molecule has 0 radical (unpaired) electrons. The van der Waals surface area contributed by atoms with Crippen molar-refractivity contribution in [3.63, 3.8) is 0 Å². The number of nitrogens with zero attached hydrogens (tertiary/aromatic N) is 1. The predicted molar refractivity (Wildman–Crippen MR) is 105 cm³/mol. The lowest BCUT2D eigenvalue weighted by Crippen LogP contribution is -2.52. The van der Waals surface area contributed by atoms with Crippen molar-refractivity contribution in [2.45, 2.75) is 89.4 Å². The molecule has 0 amide bonds. The van der Waals surface area contributed by atoms with E-state index in [4.69, 9.17) is 0 Å². The highest BCUT2D eigenvalue weighted by Gasteiger charge is 2.31. The zero-order valence-electron chi connectivity index (χ0n) is 16.1. The largest absolute Gasteiger partial charge is 0.391 e. The smallest absolute Gasteiger partial charge is 0.0695 e. The van der Waals surface area contributed by atoms with Crippen LogP contribution in [0.5, 0.6) is 0 Å². The van der Waals surface area contributed by atoms with Gasteiger partial charge >= 0.3 is 0 Å². The Morgan fingerprint density at radius 1 is 1.08 bits per heavy atom. The summed E-state index contributed by atoms with van der Waals surface area (Å²) >= 11 is 0. The van der Waals surface area contributed by atoms with Gasteiger partial charge in [-0.3, -0.25) is 4.90 Å². The minimum absolute atomic E-state index is 0.0910. The molecule has 1 saturated carbocycles. The molecule has 1 aliphatic heterocycles. The molecule has 1 saturated heterocycles. The van der Waals surface area contributed by atoms with E-state index in [1.165, 1.54) is 49.7 Å². The minimum atomic E-state index is -0.0910. The fraction of sp³-hybridized carbons (Fsp3) is 0.727. The third-order valence-electron chi connectivity index (χ3n) is 6.20. The molecule has 1 aromatic rings. The second-order valence-electron chi connectivity index (χ2n) is 8.32. The number of benzene rings is 1. The summed E-state index contributed by atoms with van der Waals surface area (Å²) in [5.74, 6) is 0. The van der Waals surface area contributed by atoms with Gasteiger partial charge in [0.1, 0.15) is 0 Å². The van der Waals surface area contributed by atoms with Gasteiger partial charge in [-0.1, -0.05) is 42.7 Å².